The van der Waals surface area contributed by atoms with E-state index in [0.29, 0.717) is 6.04 Å². The first-order chi connectivity index (χ1) is 13.0. The summed E-state index contributed by atoms with van der Waals surface area (Å²) in [6.45, 7) is 9.08. The van der Waals surface area contributed by atoms with Crippen molar-refractivity contribution in [1.29, 1.82) is 0 Å². The monoisotopic (exact) mass is 501 g/mol. The van der Waals surface area contributed by atoms with Gasteiger partial charge in [-0.05, 0) is 57.0 Å². The molecule has 0 aliphatic carbocycles. The lowest BCUT2D eigenvalue weighted by Gasteiger charge is -2.21. The van der Waals surface area contributed by atoms with Gasteiger partial charge in [-0.3, -0.25) is 14.7 Å². The summed E-state index contributed by atoms with van der Waals surface area (Å²) in [5.41, 5.74) is 1.89. The van der Waals surface area contributed by atoms with Gasteiger partial charge < -0.3 is 15.5 Å². The molecule has 158 valence electrons. The number of benzene rings is 1. The molecule has 1 fully saturated rings. The molecule has 0 saturated carbocycles. The lowest BCUT2D eigenvalue weighted by molar-refractivity contribution is 0.0827. The molecule has 1 aliphatic rings. The van der Waals surface area contributed by atoms with Crippen molar-refractivity contribution in [1.82, 2.24) is 20.4 Å². The number of guanidine groups is 1. The van der Waals surface area contributed by atoms with Gasteiger partial charge >= 0.3 is 0 Å². The van der Waals surface area contributed by atoms with Crippen LogP contribution in [0.15, 0.2) is 29.3 Å². The van der Waals surface area contributed by atoms with Crippen LogP contribution in [0.4, 0.5) is 0 Å². The minimum absolute atomic E-state index is 0. The van der Waals surface area contributed by atoms with Gasteiger partial charge in [0, 0.05) is 38.8 Å². The van der Waals surface area contributed by atoms with Crippen LogP contribution in [-0.4, -0.2) is 74.5 Å². The molecule has 1 aromatic carbocycles. The Labute approximate surface area is 187 Å². The van der Waals surface area contributed by atoms with Crippen LogP contribution < -0.4 is 10.6 Å². The second-order valence-electron chi connectivity index (χ2n) is 7.22. The van der Waals surface area contributed by atoms with E-state index in [4.69, 9.17) is 4.99 Å². The number of halogens is 1. The maximum absolute atomic E-state index is 12.1. The topological polar surface area (TPSA) is 60.0 Å². The number of hydrogen-bond donors (Lipinski definition) is 2. The van der Waals surface area contributed by atoms with E-state index < -0.39 is 0 Å². The van der Waals surface area contributed by atoms with Gasteiger partial charge in [0.25, 0.3) is 5.91 Å². The van der Waals surface area contributed by atoms with Gasteiger partial charge in [-0.25, -0.2) is 0 Å². The number of rotatable bonds is 8. The summed E-state index contributed by atoms with van der Waals surface area (Å²) in [7, 11) is 3.56. The minimum atomic E-state index is 0. The van der Waals surface area contributed by atoms with E-state index in [0.717, 1.165) is 49.7 Å². The Kier molecular flexibility index (Phi) is 11.4. The molecule has 1 unspecified atom stereocenters. The van der Waals surface area contributed by atoms with Crippen LogP contribution in [0.25, 0.3) is 0 Å². The lowest BCUT2D eigenvalue weighted by atomic mass is 10.1. The number of amides is 1. The maximum atomic E-state index is 12.1. The van der Waals surface area contributed by atoms with Crippen LogP contribution in [0.3, 0.4) is 0 Å². The van der Waals surface area contributed by atoms with Gasteiger partial charge in [-0.15, -0.1) is 24.0 Å². The van der Waals surface area contributed by atoms with Crippen LogP contribution in [0, 0.1) is 0 Å². The number of carbonyl (C=O) groups excluding carboxylic acids is 1. The Morgan fingerprint density at radius 1 is 1.29 bits per heavy atom. The predicted octanol–water partition coefficient (Wildman–Crippen LogP) is 2.59. The van der Waals surface area contributed by atoms with E-state index in [1.54, 1.807) is 19.0 Å². The van der Waals surface area contributed by atoms with Crippen molar-refractivity contribution in [2.24, 2.45) is 4.99 Å². The average molecular weight is 501 g/mol. The highest BCUT2D eigenvalue weighted by molar-refractivity contribution is 14.0. The third-order valence-corrected chi connectivity index (χ3v) is 5.00. The number of hydrogen-bond acceptors (Lipinski definition) is 3. The van der Waals surface area contributed by atoms with Gasteiger partial charge in [-0.2, -0.15) is 0 Å². The molecule has 1 atom stereocenters. The zero-order valence-corrected chi connectivity index (χ0v) is 20.0. The molecule has 1 saturated heterocycles. The first-order valence-corrected chi connectivity index (χ1v) is 10.1. The summed E-state index contributed by atoms with van der Waals surface area (Å²) in [4.78, 5) is 21.0. The number of nitrogens with zero attached hydrogens (tertiary/aromatic N) is 3. The fraction of sp³-hybridized carbons (Fsp3) is 0.619. The summed E-state index contributed by atoms with van der Waals surface area (Å²) in [6.07, 6.45) is 3.37. The number of likely N-dealkylation sites (tertiary alicyclic amines) is 1. The quantitative estimate of drug-likeness (QED) is 0.327. The fourth-order valence-electron chi connectivity index (χ4n) is 3.50. The van der Waals surface area contributed by atoms with E-state index in [-0.39, 0.29) is 29.9 Å². The van der Waals surface area contributed by atoms with Crippen molar-refractivity contribution in [2.45, 2.75) is 39.2 Å². The lowest BCUT2D eigenvalue weighted by Crippen LogP contribution is -2.40. The highest BCUT2D eigenvalue weighted by Gasteiger charge is 2.22. The zero-order chi connectivity index (χ0) is 19.6. The van der Waals surface area contributed by atoms with Crippen molar-refractivity contribution in [3.63, 3.8) is 0 Å². The van der Waals surface area contributed by atoms with E-state index in [2.05, 4.69) is 35.4 Å². The Bertz CT molecular complexity index is 635. The molecule has 0 aromatic heterocycles. The third kappa shape index (κ3) is 7.58. The number of likely N-dealkylation sites (N-methyl/N-ethyl adjacent to an activating group) is 1. The van der Waals surface area contributed by atoms with Crippen molar-refractivity contribution < 1.29 is 4.79 Å². The van der Waals surface area contributed by atoms with Crippen LogP contribution >= 0.6 is 24.0 Å². The van der Waals surface area contributed by atoms with Gasteiger partial charge in [0.1, 0.15) is 0 Å². The SMILES string of the molecule is CCNC(=NCC1CCCN1CC)NCCc1cccc(C(=O)N(C)C)c1.I. The molecule has 1 amide bonds. The molecule has 1 heterocycles. The molecule has 1 aliphatic heterocycles. The van der Waals surface area contributed by atoms with Gasteiger partial charge in [-0.1, -0.05) is 19.1 Å². The summed E-state index contributed by atoms with van der Waals surface area (Å²) in [5.74, 6) is 0.915. The van der Waals surface area contributed by atoms with Crippen LogP contribution in [0.5, 0.6) is 0 Å². The highest BCUT2D eigenvalue weighted by Crippen LogP contribution is 2.16. The predicted molar refractivity (Wildman–Crippen MR) is 128 cm³/mol. The molecule has 6 nitrogen and oxygen atoms in total. The normalized spacial score (nSPS) is 17.1. The van der Waals surface area contributed by atoms with Crippen LogP contribution in [0.1, 0.15) is 42.6 Å². The molecule has 0 spiro atoms. The van der Waals surface area contributed by atoms with E-state index in [1.165, 1.54) is 19.4 Å². The Hall–Kier alpha value is -1.35. The molecule has 0 radical (unpaired) electrons. The summed E-state index contributed by atoms with van der Waals surface area (Å²) in [6, 6.07) is 8.43. The van der Waals surface area contributed by atoms with E-state index >= 15 is 0 Å². The summed E-state index contributed by atoms with van der Waals surface area (Å²) < 4.78 is 0. The Morgan fingerprint density at radius 2 is 2.07 bits per heavy atom. The van der Waals surface area contributed by atoms with Crippen LogP contribution in [-0.2, 0) is 6.42 Å². The maximum Gasteiger partial charge on any atom is 0.253 e. The molecule has 1 aromatic rings. The van der Waals surface area contributed by atoms with E-state index in [1.807, 2.05) is 18.2 Å². The van der Waals surface area contributed by atoms with Crippen molar-refractivity contribution in [3.05, 3.63) is 35.4 Å². The minimum Gasteiger partial charge on any atom is -0.357 e. The van der Waals surface area contributed by atoms with Crippen molar-refractivity contribution in [2.75, 3.05) is 46.8 Å². The molecule has 0 bridgehead atoms. The standard InChI is InChI=1S/C21H35N5O.HI/c1-5-22-21(24-16-19-11-8-14-26(19)6-2)23-13-12-17-9-7-10-18(15-17)20(27)25(3)4;/h7,9-10,15,19H,5-6,8,11-14,16H2,1-4H3,(H2,22,23,24);1H. The second kappa shape index (κ2) is 13.0. The van der Waals surface area contributed by atoms with Gasteiger partial charge in [0.15, 0.2) is 5.96 Å². The van der Waals surface area contributed by atoms with Crippen molar-refractivity contribution in [3.8, 4) is 0 Å². The molecule has 2 N–H and O–H groups in total. The largest absolute Gasteiger partial charge is 0.357 e. The Balaban J connectivity index is 0.00000392. The number of nitrogens with one attached hydrogen (secondary N) is 2. The summed E-state index contributed by atoms with van der Waals surface area (Å²) >= 11 is 0. The number of carbonyl (C=O) groups is 1. The zero-order valence-electron chi connectivity index (χ0n) is 17.7. The van der Waals surface area contributed by atoms with Crippen LogP contribution in [0.2, 0.25) is 0 Å². The number of aliphatic imine (C=N–C) groups is 1. The van der Waals surface area contributed by atoms with E-state index in [9.17, 15) is 4.79 Å². The Morgan fingerprint density at radius 3 is 2.75 bits per heavy atom. The smallest absolute Gasteiger partial charge is 0.253 e. The molecule has 2 rings (SSSR count). The fourth-order valence-corrected chi connectivity index (χ4v) is 3.50. The molecule has 28 heavy (non-hydrogen) atoms. The molecule has 7 heteroatoms. The average Bonchev–Trinajstić information content (AvgIpc) is 3.13. The molecular weight excluding hydrogens is 465 g/mol. The van der Waals surface area contributed by atoms with Crippen molar-refractivity contribution >= 4 is 35.8 Å². The molecular formula is C21H36IN5O. The third-order valence-electron chi connectivity index (χ3n) is 5.00. The first-order valence-electron chi connectivity index (χ1n) is 10.1. The summed E-state index contributed by atoms with van der Waals surface area (Å²) in [5, 5.41) is 6.75. The van der Waals surface area contributed by atoms with Gasteiger partial charge in [0.05, 0.1) is 6.54 Å². The van der Waals surface area contributed by atoms with Gasteiger partial charge in [0.2, 0.25) is 0 Å². The highest BCUT2D eigenvalue weighted by atomic mass is 127. The first kappa shape index (κ1) is 24.7. The second-order valence-corrected chi connectivity index (χ2v) is 7.22.